The molecular formula is C15H22N2O4S2. The van der Waals surface area contributed by atoms with E-state index in [9.17, 15) is 13.2 Å². The lowest BCUT2D eigenvalue weighted by molar-refractivity contribution is 0.0386. The quantitative estimate of drug-likeness (QED) is 0.890. The van der Waals surface area contributed by atoms with Gasteiger partial charge in [-0.3, -0.25) is 4.79 Å². The van der Waals surface area contributed by atoms with E-state index in [0.717, 1.165) is 19.3 Å². The second kappa shape index (κ2) is 6.51. The minimum Gasteiger partial charge on any atom is -0.378 e. The van der Waals surface area contributed by atoms with Crippen molar-refractivity contribution in [2.75, 3.05) is 19.8 Å². The van der Waals surface area contributed by atoms with Crippen molar-refractivity contribution in [1.82, 2.24) is 9.03 Å². The topological polar surface area (TPSA) is 75.7 Å². The van der Waals surface area contributed by atoms with E-state index in [0.29, 0.717) is 24.0 Å². The van der Waals surface area contributed by atoms with Crippen molar-refractivity contribution < 1.29 is 17.9 Å². The summed E-state index contributed by atoms with van der Waals surface area (Å²) in [6.07, 6.45) is 3.06. The molecule has 0 saturated carbocycles. The monoisotopic (exact) mass is 358 g/mol. The molecule has 2 atom stereocenters. The molecule has 1 aliphatic carbocycles. The molecule has 3 rings (SSSR count). The van der Waals surface area contributed by atoms with E-state index in [4.69, 9.17) is 4.74 Å². The lowest BCUT2D eigenvalue weighted by Crippen LogP contribution is -2.52. The van der Waals surface area contributed by atoms with Crippen LogP contribution in [0, 0.1) is 5.92 Å². The zero-order chi connectivity index (χ0) is 16.6. The molecule has 1 aliphatic heterocycles. The van der Waals surface area contributed by atoms with E-state index in [1.54, 1.807) is 6.92 Å². The Balaban J connectivity index is 1.74. The van der Waals surface area contributed by atoms with Crippen molar-refractivity contribution in [3.8, 4) is 0 Å². The van der Waals surface area contributed by atoms with E-state index in [1.807, 2.05) is 6.07 Å². The van der Waals surface area contributed by atoms with Crippen molar-refractivity contribution in [3.63, 3.8) is 0 Å². The van der Waals surface area contributed by atoms with Crippen LogP contribution in [0.15, 0.2) is 6.07 Å². The number of hydrogen-bond donors (Lipinski definition) is 1. The highest BCUT2D eigenvalue weighted by Gasteiger charge is 2.32. The minimum atomic E-state index is -3.83. The van der Waals surface area contributed by atoms with Gasteiger partial charge in [0.05, 0.1) is 18.1 Å². The van der Waals surface area contributed by atoms with E-state index in [1.165, 1.54) is 26.1 Å². The summed E-state index contributed by atoms with van der Waals surface area (Å²) in [5.74, 6) is 0.0849. The molecule has 2 heterocycles. The van der Waals surface area contributed by atoms with Gasteiger partial charge in [-0.15, -0.1) is 11.3 Å². The second-order valence-corrected chi connectivity index (χ2v) is 9.14. The molecule has 2 aliphatic rings. The number of nitrogens with zero attached hydrogens (tertiary/aromatic N) is 1. The summed E-state index contributed by atoms with van der Waals surface area (Å²) in [6, 6.07) is 1.58. The number of fused-ring (bicyclic) bond motifs is 1. The fourth-order valence-electron chi connectivity index (χ4n) is 3.11. The number of hydrogen-bond acceptors (Lipinski definition) is 5. The Kier molecular flexibility index (Phi) is 4.78. The third-order valence-electron chi connectivity index (χ3n) is 4.39. The number of morpholine rings is 1. The molecule has 2 unspecified atom stereocenters. The van der Waals surface area contributed by atoms with Crippen LogP contribution in [0.3, 0.4) is 0 Å². The number of amides is 1. The Hall–Kier alpha value is -0.960. The zero-order valence-electron chi connectivity index (χ0n) is 13.4. The van der Waals surface area contributed by atoms with Crippen LogP contribution in [0.2, 0.25) is 0 Å². The summed E-state index contributed by atoms with van der Waals surface area (Å²) in [6.45, 7) is 4.94. The van der Waals surface area contributed by atoms with Crippen molar-refractivity contribution in [2.45, 2.75) is 39.2 Å². The first-order valence-corrected chi connectivity index (χ1v) is 10.2. The summed E-state index contributed by atoms with van der Waals surface area (Å²) in [5.41, 5.74) is 1.19. The highest BCUT2D eigenvalue weighted by Crippen LogP contribution is 2.32. The van der Waals surface area contributed by atoms with Crippen LogP contribution in [-0.2, 0) is 27.8 Å². The zero-order valence-corrected chi connectivity index (χ0v) is 15.0. The van der Waals surface area contributed by atoms with Gasteiger partial charge >= 0.3 is 10.2 Å². The molecule has 0 aromatic carbocycles. The molecule has 1 amide bonds. The summed E-state index contributed by atoms with van der Waals surface area (Å²) >= 11 is 1.41. The van der Waals surface area contributed by atoms with Crippen LogP contribution in [0.25, 0.3) is 0 Å². The SMILES string of the molecule is CC1CCc2sc(C(=O)NS(=O)(=O)N3CCOCC3C)cc2C1. The number of ether oxygens (including phenoxy) is 1. The number of aryl methyl sites for hydroxylation is 1. The van der Waals surface area contributed by atoms with E-state index < -0.39 is 16.1 Å². The number of nitrogens with one attached hydrogen (secondary N) is 1. The van der Waals surface area contributed by atoms with Gasteiger partial charge < -0.3 is 4.74 Å². The van der Waals surface area contributed by atoms with E-state index >= 15 is 0 Å². The maximum Gasteiger partial charge on any atom is 0.304 e. The van der Waals surface area contributed by atoms with Crippen LogP contribution in [0.5, 0.6) is 0 Å². The van der Waals surface area contributed by atoms with Crippen LogP contribution in [0.1, 0.15) is 40.4 Å². The lowest BCUT2D eigenvalue weighted by atomic mass is 9.90. The molecule has 1 aromatic rings. The largest absolute Gasteiger partial charge is 0.378 e. The predicted octanol–water partition coefficient (Wildman–Crippen LogP) is 1.57. The Labute approximate surface area is 141 Å². The van der Waals surface area contributed by atoms with Gasteiger partial charge in [0.15, 0.2) is 0 Å². The fourth-order valence-corrected chi connectivity index (χ4v) is 5.59. The Morgan fingerprint density at radius 1 is 1.43 bits per heavy atom. The van der Waals surface area contributed by atoms with Gasteiger partial charge in [-0.1, -0.05) is 6.92 Å². The highest BCUT2D eigenvalue weighted by atomic mass is 32.2. The molecule has 0 spiro atoms. The molecule has 1 fully saturated rings. The molecule has 6 nitrogen and oxygen atoms in total. The van der Waals surface area contributed by atoms with Crippen LogP contribution < -0.4 is 4.72 Å². The lowest BCUT2D eigenvalue weighted by Gasteiger charge is -2.31. The second-order valence-electron chi connectivity index (χ2n) is 6.38. The molecule has 23 heavy (non-hydrogen) atoms. The molecule has 8 heteroatoms. The molecule has 1 N–H and O–H groups in total. The summed E-state index contributed by atoms with van der Waals surface area (Å²) in [5, 5.41) is 0. The number of thiophene rings is 1. The summed E-state index contributed by atoms with van der Waals surface area (Å²) in [4.78, 5) is 14.1. The Bertz CT molecular complexity index is 698. The van der Waals surface area contributed by atoms with Gasteiger partial charge in [-0.25, -0.2) is 4.72 Å². The molecule has 1 saturated heterocycles. The maximum atomic E-state index is 12.4. The van der Waals surface area contributed by atoms with E-state index in [2.05, 4.69) is 11.6 Å². The average molecular weight is 358 g/mol. The van der Waals surface area contributed by atoms with Gasteiger partial charge in [0, 0.05) is 17.5 Å². The third-order valence-corrected chi connectivity index (χ3v) is 7.23. The predicted molar refractivity (Wildman–Crippen MR) is 88.9 cm³/mol. The van der Waals surface area contributed by atoms with Crippen LogP contribution >= 0.6 is 11.3 Å². The number of carbonyl (C=O) groups is 1. The van der Waals surface area contributed by atoms with Gasteiger partial charge in [0.1, 0.15) is 0 Å². The molecule has 1 aromatic heterocycles. The summed E-state index contributed by atoms with van der Waals surface area (Å²) in [7, 11) is -3.83. The molecule has 0 bridgehead atoms. The van der Waals surface area contributed by atoms with Crippen LogP contribution in [-0.4, -0.2) is 44.4 Å². The summed E-state index contributed by atoms with van der Waals surface area (Å²) < 4.78 is 33.6. The van der Waals surface area contributed by atoms with Gasteiger partial charge in [-0.2, -0.15) is 12.7 Å². The standard InChI is InChI=1S/C15H22N2O4S2/c1-10-3-4-13-12(7-10)8-14(22-13)15(18)16-23(19,20)17-5-6-21-9-11(17)2/h8,10-11H,3-7,9H2,1-2H3,(H,16,18). The fraction of sp³-hybridized carbons (Fsp3) is 0.667. The first kappa shape index (κ1) is 16.9. The normalized spacial score (nSPS) is 25.8. The third kappa shape index (κ3) is 3.60. The van der Waals surface area contributed by atoms with Crippen molar-refractivity contribution in [2.24, 2.45) is 5.92 Å². The molecular weight excluding hydrogens is 336 g/mol. The Morgan fingerprint density at radius 2 is 2.22 bits per heavy atom. The van der Waals surface area contributed by atoms with Gasteiger partial charge in [-0.05, 0) is 43.7 Å². The smallest absolute Gasteiger partial charge is 0.304 e. The maximum absolute atomic E-state index is 12.4. The van der Waals surface area contributed by atoms with Gasteiger partial charge in [0.25, 0.3) is 5.91 Å². The van der Waals surface area contributed by atoms with Gasteiger partial charge in [0.2, 0.25) is 0 Å². The Morgan fingerprint density at radius 3 is 2.96 bits per heavy atom. The average Bonchev–Trinajstić information content (AvgIpc) is 2.90. The van der Waals surface area contributed by atoms with Crippen molar-refractivity contribution in [3.05, 3.63) is 21.4 Å². The molecule has 0 radical (unpaired) electrons. The van der Waals surface area contributed by atoms with E-state index in [-0.39, 0.29) is 12.6 Å². The highest BCUT2D eigenvalue weighted by molar-refractivity contribution is 7.87. The van der Waals surface area contributed by atoms with Crippen molar-refractivity contribution in [1.29, 1.82) is 0 Å². The minimum absolute atomic E-state index is 0.266. The number of carbonyl (C=O) groups excluding carboxylic acids is 1. The van der Waals surface area contributed by atoms with Crippen LogP contribution in [0.4, 0.5) is 0 Å². The first-order chi connectivity index (χ1) is 10.9. The molecule has 128 valence electrons. The number of rotatable bonds is 3. The first-order valence-electron chi connectivity index (χ1n) is 7.90. The van der Waals surface area contributed by atoms with Crippen molar-refractivity contribution >= 4 is 27.5 Å².